The third-order valence-corrected chi connectivity index (χ3v) is 3.50. The van der Waals surface area contributed by atoms with E-state index in [1.165, 1.54) is 0 Å². The van der Waals surface area contributed by atoms with Gasteiger partial charge in [0.25, 0.3) is 0 Å². The number of phenolic OH excluding ortho intramolecular Hbond substituents is 1. The Labute approximate surface area is 98.4 Å². The summed E-state index contributed by atoms with van der Waals surface area (Å²) in [5, 5.41) is 9.41. The van der Waals surface area contributed by atoms with Gasteiger partial charge in [0.15, 0.2) is 11.5 Å². The number of hydrogen-bond acceptors (Lipinski definition) is 2. The number of halogens is 1. The van der Waals surface area contributed by atoms with Gasteiger partial charge in [-0.1, -0.05) is 41.6 Å². The van der Waals surface area contributed by atoms with E-state index >= 15 is 0 Å². The van der Waals surface area contributed by atoms with Gasteiger partial charge < -0.3 is 9.84 Å². The first kappa shape index (κ1) is 11.6. The molecular weight excluding hydrogens is 291 g/mol. The molecule has 0 spiro atoms. The van der Waals surface area contributed by atoms with Gasteiger partial charge in [0.05, 0.1) is 6.61 Å². The molecule has 1 unspecified atom stereocenters. The van der Waals surface area contributed by atoms with E-state index < -0.39 is 0 Å². The van der Waals surface area contributed by atoms with Crippen molar-refractivity contribution in [2.24, 2.45) is 5.92 Å². The molecule has 0 aliphatic rings. The highest BCUT2D eigenvalue weighted by atomic mass is 127. The second-order valence-corrected chi connectivity index (χ2v) is 4.25. The number of rotatable bonds is 5. The van der Waals surface area contributed by atoms with E-state index in [2.05, 4.69) is 29.5 Å². The van der Waals surface area contributed by atoms with Crippen molar-refractivity contribution >= 4 is 22.6 Å². The summed E-state index contributed by atoms with van der Waals surface area (Å²) in [6, 6.07) is 7.06. The average molecular weight is 306 g/mol. The first-order valence-electron chi connectivity index (χ1n) is 4.70. The van der Waals surface area contributed by atoms with Crippen molar-refractivity contribution in [2.75, 3.05) is 11.0 Å². The molecule has 1 atom stereocenters. The molecule has 14 heavy (non-hydrogen) atoms. The van der Waals surface area contributed by atoms with Gasteiger partial charge in [-0.2, -0.15) is 0 Å². The van der Waals surface area contributed by atoms with Gasteiger partial charge in [0, 0.05) is 4.43 Å². The topological polar surface area (TPSA) is 29.5 Å². The highest BCUT2D eigenvalue weighted by molar-refractivity contribution is 14.1. The van der Waals surface area contributed by atoms with Gasteiger partial charge in [-0.25, -0.2) is 0 Å². The second kappa shape index (κ2) is 6.11. The van der Waals surface area contributed by atoms with Crippen molar-refractivity contribution < 1.29 is 9.84 Å². The number of phenols is 1. The maximum Gasteiger partial charge on any atom is 0.160 e. The summed E-state index contributed by atoms with van der Waals surface area (Å²) in [4.78, 5) is 0. The Kier molecular flexibility index (Phi) is 5.07. The molecule has 2 nitrogen and oxygen atoms in total. The SMILES string of the molecule is CC(CI)CCOc1ccccc1O. The quantitative estimate of drug-likeness (QED) is 0.668. The molecule has 0 heterocycles. The molecule has 0 aliphatic heterocycles. The molecule has 0 aliphatic carbocycles. The molecular formula is C11H15IO2. The minimum Gasteiger partial charge on any atom is -0.504 e. The molecule has 0 radical (unpaired) electrons. The Hall–Kier alpha value is -0.450. The fourth-order valence-corrected chi connectivity index (χ4v) is 1.47. The monoisotopic (exact) mass is 306 g/mol. The van der Waals surface area contributed by atoms with E-state index in [1.807, 2.05) is 6.07 Å². The molecule has 0 aromatic heterocycles. The fraction of sp³-hybridized carbons (Fsp3) is 0.455. The minimum atomic E-state index is 0.217. The smallest absolute Gasteiger partial charge is 0.160 e. The Bertz CT molecular complexity index is 276. The number of alkyl halides is 1. The van der Waals surface area contributed by atoms with E-state index in [9.17, 15) is 5.11 Å². The fourth-order valence-electron chi connectivity index (χ4n) is 1.03. The summed E-state index contributed by atoms with van der Waals surface area (Å²) in [6.45, 7) is 2.86. The first-order chi connectivity index (χ1) is 6.74. The number of para-hydroxylation sites is 2. The lowest BCUT2D eigenvalue weighted by atomic mass is 10.1. The van der Waals surface area contributed by atoms with Crippen molar-refractivity contribution in [1.82, 2.24) is 0 Å². The number of ether oxygens (including phenoxy) is 1. The van der Waals surface area contributed by atoms with E-state index in [1.54, 1.807) is 18.2 Å². The normalized spacial score (nSPS) is 12.4. The summed E-state index contributed by atoms with van der Waals surface area (Å²) < 4.78 is 6.60. The van der Waals surface area contributed by atoms with Crippen LogP contribution < -0.4 is 4.74 Å². The molecule has 0 saturated carbocycles. The summed E-state index contributed by atoms with van der Waals surface area (Å²) in [6.07, 6.45) is 1.03. The third-order valence-electron chi connectivity index (χ3n) is 2.00. The Balaban J connectivity index is 2.35. The van der Waals surface area contributed by atoms with E-state index in [0.29, 0.717) is 18.3 Å². The van der Waals surface area contributed by atoms with E-state index in [-0.39, 0.29) is 5.75 Å². The molecule has 1 N–H and O–H groups in total. The van der Waals surface area contributed by atoms with Gasteiger partial charge in [-0.05, 0) is 24.5 Å². The maximum absolute atomic E-state index is 9.41. The molecule has 0 saturated heterocycles. The molecule has 0 fully saturated rings. The van der Waals surface area contributed by atoms with E-state index in [0.717, 1.165) is 10.8 Å². The lowest BCUT2D eigenvalue weighted by molar-refractivity contribution is 0.278. The average Bonchev–Trinajstić information content (AvgIpc) is 2.20. The number of benzene rings is 1. The molecule has 1 aromatic rings. The van der Waals surface area contributed by atoms with Crippen LogP contribution in [-0.4, -0.2) is 16.1 Å². The molecule has 0 amide bonds. The van der Waals surface area contributed by atoms with Crippen molar-refractivity contribution in [1.29, 1.82) is 0 Å². The van der Waals surface area contributed by atoms with Gasteiger partial charge in [-0.15, -0.1) is 0 Å². The summed E-state index contributed by atoms with van der Waals surface area (Å²) >= 11 is 2.37. The molecule has 1 rings (SSSR count). The van der Waals surface area contributed by atoms with Crippen molar-refractivity contribution in [3.8, 4) is 11.5 Å². The largest absolute Gasteiger partial charge is 0.504 e. The van der Waals surface area contributed by atoms with Crippen molar-refractivity contribution in [3.63, 3.8) is 0 Å². The van der Waals surface area contributed by atoms with Crippen LogP contribution in [0.2, 0.25) is 0 Å². The van der Waals surface area contributed by atoms with Crippen LogP contribution in [0.25, 0.3) is 0 Å². The third kappa shape index (κ3) is 3.74. The van der Waals surface area contributed by atoms with Gasteiger partial charge in [0.1, 0.15) is 0 Å². The van der Waals surface area contributed by atoms with Crippen molar-refractivity contribution in [3.05, 3.63) is 24.3 Å². The maximum atomic E-state index is 9.41. The van der Waals surface area contributed by atoms with Gasteiger partial charge >= 0.3 is 0 Å². The molecule has 3 heteroatoms. The predicted molar refractivity (Wildman–Crippen MR) is 66.3 cm³/mol. The lowest BCUT2D eigenvalue weighted by Crippen LogP contribution is -2.04. The Morgan fingerprint density at radius 1 is 1.43 bits per heavy atom. The van der Waals surface area contributed by atoms with Crippen LogP contribution in [0.1, 0.15) is 13.3 Å². The second-order valence-electron chi connectivity index (χ2n) is 3.36. The molecule has 1 aromatic carbocycles. The lowest BCUT2D eigenvalue weighted by Gasteiger charge is -2.10. The minimum absolute atomic E-state index is 0.217. The van der Waals surface area contributed by atoms with Gasteiger partial charge in [0.2, 0.25) is 0 Å². The molecule has 78 valence electrons. The zero-order valence-electron chi connectivity index (χ0n) is 8.24. The van der Waals surface area contributed by atoms with Crippen LogP contribution in [0.15, 0.2) is 24.3 Å². The Morgan fingerprint density at radius 2 is 2.14 bits per heavy atom. The Morgan fingerprint density at radius 3 is 2.79 bits per heavy atom. The van der Waals surface area contributed by atoms with Crippen LogP contribution in [0.5, 0.6) is 11.5 Å². The summed E-state index contributed by atoms with van der Waals surface area (Å²) in [7, 11) is 0. The zero-order valence-corrected chi connectivity index (χ0v) is 10.4. The van der Waals surface area contributed by atoms with Crippen LogP contribution in [0.4, 0.5) is 0 Å². The number of aromatic hydroxyl groups is 1. The summed E-state index contributed by atoms with van der Waals surface area (Å²) in [5.41, 5.74) is 0. The van der Waals surface area contributed by atoms with Crippen molar-refractivity contribution in [2.45, 2.75) is 13.3 Å². The van der Waals surface area contributed by atoms with Crippen LogP contribution in [0, 0.1) is 5.92 Å². The number of hydrogen-bond donors (Lipinski definition) is 1. The van der Waals surface area contributed by atoms with E-state index in [4.69, 9.17) is 4.74 Å². The van der Waals surface area contributed by atoms with Crippen LogP contribution >= 0.6 is 22.6 Å². The highest BCUT2D eigenvalue weighted by Crippen LogP contribution is 2.24. The first-order valence-corrected chi connectivity index (χ1v) is 6.23. The standard InChI is InChI=1S/C11H15IO2/c1-9(8-12)6-7-14-11-5-3-2-4-10(11)13/h2-5,9,13H,6-8H2,1H3. The summed E-state index contributed by atoms with van der Waals surface area (Å²) in [5.74, 6) is 1.46. The zero-order chi connectivity index (χ0) is 10.4. The van der Waals surface area contributed by atoms with Crippen LogP contribution in [0.3, 0.4) is 0 Å². The predicted octanol–water partition coefficient (Wildman–Crippen LogP) is 3.23. The van der Waals surface area contributed by atoms with Gasteiger partial charge in [-0.3, -0.25) is 0 Å². The van der Waals surface area contributed by atoms with Crippen LogP contribution in [-0.2, 0) is 0 Å². The molecule has 0 bridgehead atoms. The highest BCUT2D eigenvalue weighted by Gasteiger charge is 2.02.